The second-order valence-electron chi connectivity index (χ2n) is 3.60. The topological polar surface area (TPSA) is 29.1 Å². The smallest absolute Gasteiger partial charge is 0.239 e. The summed E-state index contributed by atoms with van der Waals surface area (Å²) in [6.45, 7) is 2.17. The third kappa shape index (κ3) is 4.14. The number of amides is 1. The number of nitrogens with one attached hydrogen (secondary N) is 1. The zero-order valence-corrected chi connectivity index (χ0v) is 11.6. The Bertz CT molecular complexity index is 368. The number of halogens is 2. The molecule has 0 aliphatic carbocycles. The summed E-state index contributed by atoms with van der Waals surface area (Å²) in [5.74, 6) is -0.215. The van der Waals surface area contributed by atoms with Crippen LogP contribution in [-0.4, -0.2) is 11.8 Å². The van der Waals surface area contributed by atoms with Crippen LogP contribution in [0.2, 0.25) is 0 Å². The minimum Gasteiger partial charge on any atom is -0.324 e. The first-order valence-electron chi connectivity index (χ1n) is 5.31. The van der Waals surface area contributed by atoms with E-state index in [1.54, 1.807) is 0 Å². The maximum atomic E-state index is 11.1. The van der Waals surface area contributed by atoms with E-state index in [2.05, 4.69) is 28.2 Å². The molecule has 0 aliphatic rings. The van der Waals surface area contributed by atoms with E-state index in [1.807, 2.05) is 18.2 Å². The lowest BCUT2D eigenvalue weighted by Crippen LogP contribution is -2.12. The van der Waals surface area contributed by atoms with Crippen molar-refractivity contribution in [2.75, 3.05) is 11.2 Å². The van der Waals surface area contributed by atoms with Gasteiger partial charge in [-0.25, -0.2) is 0 Å². The average Bonchev–Trinajstić information content (AvgIpc) is 2.29. The van der Waals surface area contributed by atoms with Crippen molar-refractivity contribution in [2.24, 2.45) is 0 Å². The second-order valence-corrected chi connectivity index (χ2v) is 4.72. The van der Waals surface area contributed by atoms with Gasteiger partial charge in [0, 0.05) is 4.47 Å². The molecule has 88 valence electrons. The fourth-order valence-corrected chi connectivity index (χ4v) is 1.97. The minimum atomic E-state index is -0.191. The molecule has 0 saturated carbocycles. The highest BCUT2D eigenvalue weighted by Gasteiger charge is 2.04. The maximum Gasteiger partial charge on any atom is 0.239 e. The van der Waals surface area contributed by atoms with Crippen LogP contribution in [0.4, 0.5) is 5.69 Å². The van der Waals surface area contributed by atoms with Crippen LogP contribution in [-0.2, 0) is 11.2 Å². The number of benzene rings is 1. The second kappa shape index (κ2) is 6.92. The predicted octanol–water partition coefficient (Wildman–Crippen LogP) is 3.97. The molecule has 0 heterocycles. The van der Waals surface area contributed by atoms with Gasteiger partial charge >= 0.3 is 0 Å². The van der Waals surface area contributed by atoms with Crippen molar-refractivity contribution in [3.8, 4) is 0 Å². The van der Waals surface area contributed by atoms with Crippen LogP contribution in [0.5, 0.6) is 0 Å². The van der Waals surface area contributed by atoms with Crippen molar-refractivity contribution in [1.29, 1.82) is 0 Å². The summed E-state index contributed by atoms with van der Waals surface area (Å²) in [7, 11) is 0. The van der Waals surface area contributed by atoms with E-state index in [9.17, 15) is 4.79 Å². The third-order valence-corrected chi connectivity index (χ3v) is 3.15. The number of alkyl halides is 1. The first-order chi connectivity index (χ1) is 7.67. The summed E-state index contributed by atoms with van der Waals surface area (Å²) in [5.41, 5.74) is 2.04. The fourth-order valence-electron chi connectivity index (χ4n) is 1.38. The molecule has 4 heteroatoms. The SMILES string of the molecule is CCCCc1ccc(NC(=O)CCl)c(Br)c1. The van der Waals surface area contributed by atoms with Gasteiger partial charge in [0.2, 0.25) is 5.91 Å². The summed E-state index contributed by atoms with van der Waals surface area (Å²) in [5, 5.41) is 2.73. The standard InChI is InChI=1S/C12H15BrClNO/c1-2-3-4-9-5-6-11(10(13)7-9)15-12(16)8-14/h5-7H,2-4,8H2,1H3,(H,15,16). The Balaban J connectivity index is 2.71. The largest absolute Gasteiger partial charge is 0.324 e. The van der Waals surface area contributed by atoms with Crippen molar-refractivity contribution in [2.45, 2.75) is 26.2 Å². The molecule has 0 fully saturated rings. The molecule has 1 N–H and O–H groups in total. The lowest BCUT2D eigenvalue weighted by Gasteiger charge is -2.08. The van der Waals surface area contributed by atoms with Gasteiger partial charge in [0.25, 0.3) is 0 Å². The molecule has 1 rings (SSSR count). The monoisotopic (exact) mass is 303 g/mol. The van der Waals surface area contributed by atoms with Crippen LogP contribution in [0.15, 0.2) is 22.7 Å². The number of rotatable bonds is 5. The molecule has 1 aromatic rings. The van der Waals surface area contributed by atoms with E-state index in [0.29, 0.717) is 0 Å². The van der Waals surface area contributed by atoms with E-state index < -0.39 is 0 Å². The molecule has 1 aromatic carbocycles. The Hall–Kier alpha value is -0.540. The molecule has 0 bridgehead atoms. The lowest BCUT2D eigenvalue weighted by atomic mass is 10.1. The van der Waals surface area contributed by atoms with Crippen LogP contribution in [0.3, 0.4) is 0 Å². The lowest BCUT2D eigenvalue weighted by molar-refractivity contribution is -0.113. The number of unbranched alkanes of at least 4 members (excludes halogenated alkanes) is 1. The van der Waals surface area contributed by atoms with Gasteiger partial charge in [0.05, 0.1) is 5.69 Å². The first-order valence-corrected chi connectivity index (χ1v) is 6.64. The van der Waals surface area contributed by atoms with Crippen molar-refractivity contribution in [1.82, 2.24) is 0 Å². The normalized spacial score (nSPS) is 10.2. The zero-order chi connectivity index (χ0) is 12.0. The van der Waals surface area contributed by atoms with Gasteiger partial charge in [-0.05, 0) is 46.5 Å². The Kier molecular flexibility index (Phi) is 5.85. The van der Waals surface area contributed by atoms with Crippen LogP contribution in [0.25, 0.3) is 0 Å². The highest BCUT2D eigenvalue weighted by atomic mass is 79.9. The van der Waals surface area contributed by atoms with Gasteiger partial charge in [0.15, 0.2) is 0 Å². The van der Waals surface area contributed by atoms with Crippen molar-refractivity contribution >= 4 is 39.1 Å². The van der Waals surface area contributed by atoms with E-state index in [0.717, 1.165) is 16.6 Å². The molecule has 0 spiro atoms. The van der Waals surface area contributed by atoms with Gasteiger partial charge in [-0.1, -0.05) is 19.4 Å². The summed E-state index contributed by atoms with van der Waals surface area (Å²) in [6, 6.07) is 5.98. The number of aryl methyl sites for hydroxylation is 1. The number of hydrogen-bond donors (Lipinski definition) is 1. The Morgan fingerprint density at radius 1 is 1.50 bits per heavy atom. The van der Waals surface area contributed by atoms with Crippen molar-refractivity contribution in [3.63, 3.8) is 0 Å². The van der Waals surface area contributed by atoms with Gasteiger partial charge in [-0.3, -0.25) is 4.79 Å². The minimum absolute atomic E-state index is 0.0238. The Morgan fingerprint density at radius 2 is 2.25 bits per heavy atom. The van der Waals surface area contributed by atoms with E-state index in [1.165, 1.54) is 18.4 Å². The van der Waals surface area contributed by atoms with Gasteiger partial charge in [-0.15, -0.1) is 11.6 Å². The Morgan fingerprint density at radius 3 is 2.81 bits per heavy atom. The first kappa shape index (κ1) is 13.5. The summed E-state index contributed by atoms with van der Waals surface area (Å²) < 4.78 is 0.902. The maximum absolute atomic E-state index is 11.1. The molecule has 0 atom stereocenters. The molecule has 2 nitrogen and oxygen atoms in total. The van der Waals surface area contributed by atoms with Crippen LogP contribution in [0.1, 0.15) is 25.3 Å². The number of hydrogen-bond acceptors (Lipinski definition) is 1. The van der Waals surface area contributed by atoms with Crippen LogP contribution < -0.4 is 5.32 Å². The third-order valence-electron chi connectivity index (χ3n) is 2.25. The van der Waals surface area contributed by atoms with Crippen molar-refractivity contribution < 1.29 is 4.79 Å². The Labute approximate surface area is 110 Å². The van der Waals surface area contributed by atoms with E-state index in [-0.39, 0.29) is 11.8 Å². The van der Waals surface area contributed by atoms with Gasteiger partial charge < -0.3 is 5.32 Å². The average molecular weight is 305 g/mol. The van der Waals surface area contributed by atoms with E-state index in [4.69, 9.17) is 11.6 Å². The van der Waals surface area contributed by atoms with Gasteiger partial charge in [0.1, 0.15) is 5.88 Å². The number of carbonyl (C=O) groups is 1. The van der Waals surface area contributed by atoms with E-state index >= 15 is 0 Å². The summed E-state index contributed by atoms with van der Waals surface area (Å²) in [4.78, 5) is 11.1. The summed E-state index contributed by atoms with van der Waals surface area (Å²) in [6.07, 6.45) is 3.43. The molecule has 0 saturated heterocycles. The molecule has 1 amide bonds. The highest BCUT2D eigenvalue weighted by Crippen LogP contribution is 2.24. The molecule has 0 aromatic heterocycles. The predicted molar refractivity (Wildman–Crippen MR) is 72.1 cm³/mol. The quantitative estimate of drug-likeness (QED) is 0.819. The molecular formula is C12H15BrClNO. The van der Waals surface area contributed by atoms with Crippen LogP contribution >= 0.6 is 27.5 Å². The summed E-state index contributed by atoms with van der Waals surface area (Å²) >= 11 is 8.87. The number of anilines is 1. The van der Waals surface area contributed by atoms with Gasteiger partial charge in [-0.2, -0.15) is 0 Å². The molecule has 0 unspecified atom stereocenters. The molecular weight excluding hydrogens is 289 g/mol. The van der Waals surface area contributed by atoms with Crippen molar-refractivity contribution in [3.05, 3.63) is 28.2 Å². The molecule has 0 aliphatic heterocycles. The van der Waals surface area contributed by atoms with Crippen LogP contribution in [0, 0.1) is 0 Å². The fraction of sp³-hybridized carbons (Fsp3) is 0.417. The molecule has 0 radical (unpaired) electrons. The highest BCUT2D eigenvalue weighted by molar-refractivity contribution is 9.10. The molecule has 16 heavy (non-hydrogen) atoms. The zero-order valence-electron chi connectivity index (χ0n) is 9.22. The number of carbonyl (C=O) groups excluding carboxylic acids is 1.